The number of halogens is 1. The van der Waals surface area contributed by atoms with Gasteiger partial charge in [0.25, 0.3) is 0 Å². The van der Waals surface area contributed by atoms with E-state index in [0.717, 1.165) is 42.3 Å². The fraction of sp³-hybridized carbons (Fsp3) is 0.267. The maximum atomic E-state index is 5.64. The van der Waals surface area contributed by atoms with Crippen molar-refractivity contribution >= 4 is 27.3 Å². The molecule has 0 amide bonds. The normalized spacial score (nSPS) is 11.1. The quantitative estimate of drug-likeness (QED) is 0.645. The number of rotatable bonds is 6. The van der Waals surface area contributed by atoms with Crippen LogP contribution in [0.4, 0.5) is 0 Å². The third kappa shape index (κ3) is 3.64. The average Bonchev–Trinajstić information content (AvgIpc) is 3.16. The lowest BCUT2D eigenvalue weighted by molar-refractivity contribution is 0.545. The van der Waals surface area contributed by atoms with E-state index in [1.54, 1.807) is 11.3 Å². The standard InChI is InChI=1S/C15H16BrN3OS/c1-10-2-4-13(20-10)15-11(9-18-19-15)8-17-7-6-12-3-5-14(16)21-12/h2-5,9,17H,6-8H2,1H3,(H,18,19). The van der Waals surface area contributed by atoms with Crippen molar-refractivity contribution < 1.29 is 4.42 Å². The molecular formula is C15H16BrN3OS. The van der Waals surface area contributed by atoms with Crippen LogP contribution in [0.5, 0.6) is 0 Å². The molecule has 0 atom stereocenters. The Kier molecular flexibility index (Phi) is 4.57. The lowest BCUT2D eigenvalue weighted by Gasteiger charge is -2.03. The first-order chi connectivity index (χ1) is 10.2. The van der Waals surface area contributed by atoms with E-state index < -0.39 is 0 Å². The highest BCUT2D eigenvalue weighted by atomic mass is 79.9. The summed E-state index contributed by atoms with van der Waals surface area (Å²) in [6.45, 7) is 3.66. The van der Waals surface area contributed by atoms with Crippen LogP contribution in [0.2, 0.25) is 0 Å². The van der Waals surface area contributed by atoms with E-state index in [1.165, 1.54) is 8.66 Å². The van der Waals surface area contributed by atoms with Gasteiger partial charge in [0.15, 0.2) is 5.76 Å². The van der Waals surface area contributed by atoms with E-state index in [4.69, 9.17) is 4.42 Å². The van der Waals surface area contributed by atoms with Gasteiger partial charge in [0, 0.05) is 23.5 Å². The maximum absolute atomic E-state index is 5.64. The molecule has 0 radical (unpaired) electrons. The number of aromatic nitrogens is 2. The summed E-state index contributed by atoms with van der Waals surface area (Å²) in [5.41, 5.74) is 2.08. The Balaban J connectivity index is 1.55. The van der Waals surface area contributed by atoms with Crippen molar-refractivity contribution in [3.8, 4) is 11.5 Å². The Bertz CT molecular complexity index is 716. The summed E-state index contributed by atoms with van der Waals surface area (Å²) in [5, 5.41) is 10.6. The van der Waals surface area contributed by atoms with Crippen molar-refractivity contribution in [2.45, 2.75) is 19.9 Å². The second-order valence-corrected chi connectivity index (χ2v) is 7.36. The first-order valence-electron chi connectivity index (χ1n) is 6.76. The second-order valence-electron chi connectivity index (χ2n) is 4.81. The minimum Gasteiger partial charge on any atom is -0.460 e. The topological polar surface area (TPSA) is 53.9 Å². The Hall–Kier alpha value is -1.37. The van der Waals surface area contributed by atoms with E-state index >= 15 is 0 Å². The molecule has 3 rings (SSSR count). The highest BCUT2D eigenvalue weighted by Crippen LogP contribution is 2.24. The van der Waals surface area contributed by atoms with Crippen molar-refractivity contribution in [3.63, 3.8) is 0 Å². The first-order valence-corrected chi connectivity index (χ1v) is 8.37. The predicted molar refractivity (Wildman–Crippen MR) is 88.5 cm³/mol. The summed E-state index contributed by atoms with van der Waals surface area (Å²) in [6.07, 6.45) is 2.88. The smallest absolute Gasteiger partial charge is 0.152 e. The Labute approximate surface area is 135 Å². The molecule has 0 bridgehead atoms. The van der Waals surface area contributed by atoms with Crippen LogP contribution in [0.25, 0.3) is 11.5 Å². The SMILES string of the molecule is Cc1ccc(-c2[nH]ncc2CNCCc2ccc(Br)s2)o1. The van der Waals surface area contributed by atoms with Crippen molar-refractivity contribution in [1.82, 2.24) is 15.5 Å². The zero-order valence-electron chi connectivity index (χ0n) is 11.6. The molecule has 110 valence electrons. The fourth-order valence-electron chi connectivity index (χ4n) is 2.15. The number of hydrogen-bond donors (Lipinski definition) is 2. The van der Waals surface area contributed by atoms with Crippen LogP contribution < -0.4 is 5.32 Å². The van der Waals surface area contributed by atoms with Gasteiger partial charge in [0.2, 0.25) is 0 Å². The molecule has 6 heteroatoms. The number of aromatic amines is 1. The van der Waals surface area contributed by atoms with Gasteiger partial charge in [0.05, 0.1) is 9.98 Å². The summed E-state index contributed by atoms with van der Waals surface area (Å²) in [4.78, 5) is 1.38. The van der Waals surface area contributed by atoms with Crippen LogP contribution in [0.3, 0.4) is 0 Å². The van der Waals surface area contributed by atoms with Gasteiger partial charge in [-0.25, -0.2) is 0 Å². The van der Waals surface area contributed by atoms with E-state index in [1.807, 2.05) is 25.3 Å². The molecule has 0 aliphatic heterocycles. The Morgan fingerprint density at radius 3 is 2.95 bits per heavy atom. The minimum atomic E-state index is 0.776. The van der Waals surface area contributed by atoms with Gasteiger partial charge in [-0.05, 0) is 53.5 Å². The number of aryl methyl sites for hydroxylation is 1. The van der Waals surface area contributed by atoms with Crippen LogP contribution in [0, 0.1) is 6.92 Å². The molecule has 0 saturated heterocycles. The van der Waals surface area contributed by atoms with Crippen LogP contribution >= 0.6 is 27.3 Å². The van der Waals surface area contributed by atoms with Crippen molar-refractivity contribution in [2.24, 2.45) is 0 Å². The van der Waals surface area contributed by atoms with Crippen molar-refractivity contribution in [2.75, 3.05) is 6.54 Å². The monoisotopic (exact) mass is 365 g/mol. The van der Waals surface area contributed by atoms with Gasteiger partial charge in [-0.15, -0.1) is 11.3 Å². The molecule has 3 heterocycles. The summed E-state index contributed by atoms with van der Waals surface area (Å²) < 4.78 is 6.83. The molecule has 0 aliphatic rings. The molecule has 0 fully saturated rings. The lowest BCUT2D eigenvalue weighted by Crippen LogP contribution is -2.16. The summed E-state index contributed by atoms with van der Waals surface area (Å²) in [5.74, 6) is 1.74. The Morgan fingerprint density at radius 2 is 2.24 bits per heavy atom. The molecule has 3 aromatic rings. The van der Waals surface area contributed by atoms with Crippen LogP contribution in [-0.4, -0.2) is 16.7 Å². The molecule has 2 N–H and O–H groups in total. The molecule has 0 spiro atoms. The molecular weight excluding hydrogens is 350 g/mol. The number of nitrogens with one attached hydrogen (secondary N) is 2. The van der Waals surface area contributed by atoms with E-state index in [2.05, 4.69) is 43.6 Å². The lowest BCUT2D eigenvalue weighted by atomic mass is 10.2. The maximum Gasteiger partial charge on any atom is 0.152 e. The van der Waals surface area contributed by atoms with Gasteiger partial charge < -0.3 is 9.73 Å². The molecule has 4 nitrogen and oxygen atoms in total. The first kappa shape index (κ1) is 14.6. The molecule has 21 heavy (non-hydrogen) atoms. The zero-order chi connectivity index (χ0) is 14.7. The third-order valence-corrected chi connectivity index (χ3v) is 4.88. The molecule has 0 unspecified atom stereocenters. The number of furan rings is 1. The molecule has 3 aromatic heterocycles. The summed E-state index contributed by atoms with van der Waals surface area (Å²) in [7, 11) is 0. The van der Waals surface area contributed by atoms with Gasteiger partial charge in [-0.3, -0.25) is 5.10 Å². The average molecular weight is 366 g/mol. The number of nitrogens with zero attached hydrogens (tertiary/aromatic N) is 1. The van der Waals surface area contributed by atoms with E-state index in [9.17, 15) is 0 Å². The van der Waals surface area contributed by atoms with Gasteiger partial charge >= 0.3 is 0 Å². The number of thiophene rings is 1. The summed E-state index contributed by atoms with van der Waals surface area (Å²) in [6, 6.07) is 8.18. The predicted octanol–water partition coefficient (Wildman–Crippen LogP) is 4.13. The Morgan fingerprint density at radius 1 is 1.33 bits per heavy atom. The van der Waals surface area contributed by atoms with Crippen molar-refractivity contribution in [1.29, 1.82) is 0 Å². The number of H-pyrrole nitrogens is 1. The van der Waals surface area contributed by atoms with Crippen LogP contribution in [0.1, 0.15) is 16.2 Å². The van der Waals surface area contributed by atoms with Gasteiger partial charge in [0.1, 0.15) is 11.5 Å². The van der Waals surface area contributed by atoms with Crippen LogP contribution in [0.15, 0.2) is 38.7 Å². The third-order valence-electron chi connectivity index (χ3n) is 3.20. The minimum absolute atomic E-state index is 0.776. The highest BCUT2D eigenvalue weighted by molar-refractivity contribution is 9.11. The van der Waals surface area contributed by atoms with Gasteiger partial charge in [-0.2, -0.15) is 5.10 Å². The van der Waals surface area contributed by atoms with E-state index in [0.29, 0.717) is 0 Å². The highest BCUT2D eigenvalue weighted by Gasteiger charge is 2.10. The van der Waals surface area contributed by atoms with E-state index in [-0.39, 0.29) is 0 Å². The fourth-order valence-corrected chi connectivity index (χ4v) is 3.63. The van der Waals surface area contributed by atoms with Gasteiger partial charge in [-0.1, -0.05) is 0 Å². The molecule has 0 aromatic carbocycles. The second kappa shape index (κ2) is 6.60. The summed E-state index contributed by atoms with van der Waals surface area (Å²) >= 11 is 5.27. The number of hydrogen-bond acceptors (Lipinski definition) is 4. The molecule has 0 aliphatic carbocycles. The largest absolute Gasteiger partial charge is 0.460 e. The van der Waals surface area contributed by atoms with Crippen molar-refractivity contribution in [3.05, 3.63) is 50.4 Å². The zero-order valence-corrected chi connectivity index (χ0v) is 14.1. The van der Waals surface area contributed by atoms with Crippen LogP contribution in [-0.2, 0) is 13.0 Å². The molecule has 0 saturated carbocycles.